The first-order chi connectivity index (χ1) is 8.39. The molecule has 0 spiro atoms. The molecule has 4 nitrogen and oxygen atoms in total. The molecule has 0 bridgehead atoms. The number of hydrogen-bond acceptors (Lipinski definition) is 4. The van der Waals surface area contributed by atoms with Crippen LogP contribution < -0.4 is 5.32 Å². The Labute approximate surface area is 109 Å². The Kier molecular flexibility index (Phi) is 4.11. The summed E-state index contributed by atoms with van der Waals surface area (Å²) in [6.07, 6.45) is 4.29. The van der Waals surface area contributed by atoms with E-state index in [2.05, 4.69) is 12.2 Å². The summed E-state index contributed by atoms with van der Waals surface area (Å²) >= 11 is 0. The second-order valence-electron chi connectivity index (χ2n) is 5.96. The van der Waals surface area contributed by atoms with Crippen LogP contribution >= 0.6 is 0 Å². The molecule has 5 heteroatoms. The van der Waals surface area contributed by atoms with Crippen LogP contribution in [0.25, 0.3) is 0 Å². The van der Waals surface area contributed by atoms with Crippen LogP contribution in [0.4, 0.5) is 0 Å². The van der Waals surface area contributed by atoms with E-state index in [1.54, 1.807) is 0 Å². The predicted octanol–water partition coefficient (Wildman–Crippen LogP) is 1.01. The largest absolute Gasteiger partial charge is 0.316 e. The van der Waals surface area contributed by atoms with Crippen LogP contribution in [-0.2, 0) is 14.6 Å². The van der Waals surface area contributed by atoms with Crippen molar-refractivity contribution >= 4 is 15.6 Å². The Morgan fingerprint density at radius 2 is 1.94 bits per heavy atom. The van der Waals surface area contributed by atoms with Gasteiger partial charge in [-0.25, -0.2) is 8.42 Å². The summed E-state index contributed by atoms with van der Waals surface area (Å²) in [5.41, 5.74) is 0. The number of sulfone groups is 1. The van der Waals surface area contributed by atoms with E-state index in [9.17, 15) is 13.2 Å². The third-order valence-corrected chi connectivity index (χ3v) is 6.16. The van der Waals surface area contributed by atoms with E-state index in [4.69, 9.17) is 0 Å². The lowest BCUT2D eigenvalue weighted by molar-refractivity contribution is -0.128. The number of Topliss-reactive ketones (excluding diaryl/α,β-unsaturated/α-hetero) is 1. The molecule has 0 radical (unpaired) electrons. The minimum absolute atomic E-state index is 0.0363. The first kappa shape index (κ1) is 14.0. The van der Waals surface area contributed by atoms with Gasteiger partial charge in [-0.1, -0.05) is 13.3 Å². The van der Waals surface area contributed by atoms with Crippen molar-refractivity contribution in [1.29, 1.82) is 0 Å². The van der Waals surface area contributed by atoms with Gasteiger partial charge in [0.25, 0.3) is 0 Å². The normalized spacial score (nSPS) is 37.7. The van der Waals surface area contributed by atoms with Crippen molar-refractivity contribution in [3.63, 3.8) is 0 Å². The van der Waals surface area contributed by atoms with Crippen molar-refractivity contribution < 1.29 is 13.2 Å². The molecule has 1 saturated carbocycles. The number of hydrogen-bond donors (Lipinski definition) is 1. The van der Waals surface area contributed by atoms with Crippen molar-refractivity contribution in [2.45, 2.75) is 37.9 Å². The van der Waals surface area contributed by atoms with E-state index in [1.165, 1.54) is 6.26 Å². The Morgan fingerprint density at radius 3 is 2.50 bits per heavy atom. The molecule has 1 aliphatic carbocycles. The fourth-order valence-corrected chi connectivity index (χ4v) is 4.46. The van der Waals surface area contributed by atoms with E-state index >= 15 is 0 Å². The molecule has 0 amide bonds. The van der Waals surface area contributed by atoms with Crippen molar-refractivity contribution in [1.82, 2.24) is 5.32 Å². The van der Waals surface area contributed by atoms with Crippen LogP contribution in [-0.4, -0.2) is 38.8 Å². The third-order valence-electron chi connectivity index (χ3n) is 4.52. The van der Waals surface area contributed by atoms with E-state index in [0.717, 1.165) is 32.4 Å². The summed E-state index contributed by atoms with van der Waals surface area (Å²) in [4.78, 5) is 12.4. The molecule has 1 heterocycles. The molecular weight excluding hydrogens is 250 g/mol. The monoisotopic (exact) mass is 273 g/mol. The number of rotatable bonds is 3. The highest BCUT2D eigenvalue weighted by Gasteiger charge is 2.38. The second-order valence-corrected chi connectivity index (χ2v) is 8.29. The van der Waals surface area contributed by atoms with Gasteiger partial charge in [0.2, 0.25) is 0 Å². The first-order valence-corrected chi connectivity index (χ1v) is 8.78. The van der Waals surface area contributed by atoms with Gasteiger partial charge in [-0.05, 0) is 31.7 Å². The highest BCUT2D eigenvalue weighted by molar-refractivity contribution is 7.91. The molecule has 0 aromatic carbocycles. The zero-order valence-corrected chi connectivity index (χ0v) is 12.0. The fraction of sp³-hybridized carbons (Fsp3) is 0.923. The van der Waals surface area contributed by atoms with Crippen LogP contribution in [0.3, 0.4) is 0 Å². The van der Waals surface area contributed by atoms with E-state index in [-0.39, 0.29) is 17.1 Å². The van der Waals surface area contributed by atoms with Crippen molar-refractivity contribution in [3.05, 3.63) is 0 Å². The van der Waals surface area contributed by atoms with Crippen LogP contribution in [0.15, 0.2) is 0 Å². The third kappa shape index (κ3) is 2.94. The van der Waals surface area contributed by atoms with Crippen LogP contribution in [0.5, 0.6) is 0 Å². The average molecular weight is 273 g/mol. The fourth-order valence-electron chi connectivity index (χ4n) is 3.29. The van der Waals surface area contributed by atoms with Gasteiger partial charge >= 0.3 is 0 Å². The SMILES string of the molecule is CC1CNCC1C(=O)C1CCCC(S(C)(=O)=O)C1. The Morgan fingerprint density at radius 1 is 1.22 bits per heavy atom. The highest BCUT2D eigenvalue weighted by atomic mass is 32.2. The molecule has 4 unspecified atom stereocenters. The maximum atomic E-state index is 12.4. The lowest BCUT2D eigenvalue weighted by Gasteiger charge is -2.29. The Hall–Kier alpha value is -0.420. The lowest BCUT2D eigenvalue weighted by Crippen LogP contribution is -2.35. The number of ketones is 1. The quantitative estimate of drug-likeness (QED) is 0.833. The van der Waals surface area contributed by atoms with Gasteiger partial charge in [0, 0.05) is 24.6 Å². The zero-order chi connectivity index (χ0) is 13.3. The second kappa shape index (κ2) is 5.29. The molecule has 1 N–H and O–H groups in total. The molecule has 2 aliphatic rings. The molecule has 2 fully saturated rings. The minimum Gasteiger partial charge on any atom is -0.316 e. The summed E-state index contributed by atoms with van der Waals surface area (Å²) in [5, 5.41) is 2.94. The van der Waals surface area contributed by atoms with Crippen LogP contribution in [0, 0.1) is 17.8 Å². The van der Waals surface area contributed by atoms with Gasteiger partial charge in [-0.3, -0.25) is 4.79 Å². The molecular formula is C13H23NO3S. The zero-order valence-electron chi connectivity index (χ0n) is 11.2. The van der Waals surface area contributed by atoms with Gasteiger partial charge in [-0.2, -0.15) is 0 Å². The van der Waals surface area contributed by atoms with E-state index in [0.29, 0.717) is 18.1 Å². The molecule has 1 aliphatic heterocycles. The maximum Gasteiger partial charge on any atom is 0.150 e. The summed E-state index contributed by atoms with van der Waals surface area (Å²) < 4.78 is 23.2. The predicted molar refractivity (Wildman–Crippen MR) is 71.1 cm³/mol. The van der Waals surface area contributed by atoms with Crippen molar-refractivity contribution in [2.24, 2.45) is 17.8 Å². The summed E-state index contributed by atoms with van der Waals surface area (Å²) in [7, 11) is -3.00. The Bertz CT molecular complexity index is 418. The smallest absolute Gasteiger partial charge is 0.150 e. The summed E-state index contributed by atoms with van der Waals surface area (Å²) in [5.74, 6) is 0.732. The lowest BCUT2D eigenvalue weighted by atomic mass is 9.79. The van der Waals surface area contributed by atoms with Crippen LogP contribution in [0.2, 0.25) is 0 Å². The van der Waals surface area contributed by atoms with E-state index < -0.39 is 9.84 Å². The van der Waals surface area contributed by atoms with Gasteiger partial charge in [-0.15, -0.1) is 0 Å². The standard InChI is InChI=1S/C13H23NO3S/c1-9-7-14-8-12(9)13(15)10-4-3-5-11(6-10)18(2,16)17/h9-12,14H,3-8H2,1-2H3. The van der Waals surface area contributed by atoms with E-state index in [1.807, 2.05) is 0 Å². The number of carbonyl (C=O) groups excluding carboxylic acids is 1. The first-order valence-electron chi connectivity index (χ1n) is 6.83. The average Bonchev–Trinajstić information content (AvgIpc) is 2.73. The Balaban J connectivity index is 2.02. The maximum absolute atomic E-state index is 12.4. The molecule has 104 valence electrons. The summed E-state index contributed by atoms with van der Waals surface area (Å²) in [6.45, 7) is 3.76. The van der Waals surface area contributed by atoms with Crippen LogP contribution in [0.1, 0.15) is 32.6 Å². The molecule has 2 rings (SSSR count). The topological polar surface area (TPSA) is 63.2 Å². The molecule has 1 saturated heterocycles. The number of carbonyl (C=O) groups is 1. The van der Waals surface area contributed by atoms with Gasteiger partial charge in [0.15, 0.2) is 0 Å². The highest BCUT2D eigenvalue weighted by Crippen LogP contribution is 2.32. The van der Waals surface area contributed by atoms with Gasteiger partial charge in [0.05, 0.1) is 5.25 Å². The van der Waals surface area contributed by atoms with Gasteiger partial charge in [0.1, 0.15) is 15.6 Å². The molecule has 0 aromatic heterocycles. The molecule has 0 aromatic rings. The molecule has 4 atom stereocenters. The minimum atomic E-state index is -3.00. The number of nitrogens with one attached hydrogen (secondary N) is 1. The van der Waals surface area contributed by atoms with Crippen molar-refractivity contribution in [3.8, 4) is 0 Å². The van der Waals surface area contributed by atoms with Crippen molar-refractivity contribution in [2.75, 3.05) is 19.3 Å². The molecule has 18 heavy (non-hydrogen) atoms. The van der Waals surface area contributed by atoms with Gasteiger partial charge < -0.3 is 5.32 Å². The summed E-state index contributed by atoms with van der Waals surface area (Å²) in [6, 6.07) is 0.